The van der Waals surface area contributed by atoms with E-state index in [1.54, 1.807) is 9.58 Å². The van der Waals surface area contributed by atoms with Crippen molar-refractivity contribution < 1.29 is 9.53 Å². The monoisotopic (exact) mass is 420 g/mol. The topological polar surface area (TPSA) is 119 Å². The van der Waals surface area contributed by atoms with Crippen molar-refractivity contribution in [3.05, 3.63) is 47.3 Å². The number of anilines is 1. The summed E-state index contributed by atoms with van der Waals surface area (Å²) in [5.41, 5.74) is 7.60. The summed E-state index contributed by atoms with van der Waals surface area (Å²) < 4.78 is 7.54. The fourth-order valence-corrected chi connectivity index (χ4v) is 4.13. The van der Waals surface area contributed by atoms with E-state index in [2.05, 4.69) is 16.8 Å². The lowest BCUT2D eigenvalue weighted by atomic mass is 10.1. The molecule has 1 aliphatic carbocycles. The maximum Gasteiger partial charge on any atom is 0.290 e. The van der Waals surface area contributed by atoms with Crippen LogP contribution in [0, 0.1) is 0 Å². The zero-order valence-corrected chi connectivity index (χ0v) is 17.1. The first kappa shape index (κ1) is 19.3. The number of H-pyrrole nitrogens is 1. The number of hydrogen-bond acceptors (Lipinski definition) is 6. The van der Waals surface area contributed by atoms with Crippen molar-refractivity contribution in [2.24, 2.45) is 0 Å². The van der Waals surface area contributed by atoms with Gasteiger partial charge in [-0.25, -0.2) is 5.10 Å². The molecule has 0 radical (unpaired) electrons. The molecular weight excluding hydrogens is 396 g/mol. The number of likely N-dealkylation sites (tertiary alicyclic amines) is 1. The number of nitrogens with zero attached hydrogens (tertiary/aromatic N) is 4. The molecule has 1 amide bonds. The quantitative estimate of drug-likeness (QED) is 0.611. The predicted molar refractivity (Wildman–Crippen MR) is 117 cm³/mol. The Kier molecular flexibility index (Phi) is 4.72. The third-order valence-electron chi connectivity index (χ3n) is 5.84. The Labute approximate surface area is 178 Å². The van der Waals surface area contributed by atoms with Gasteiger partial charge in [0.2, 0.25) is 5.91 Å². The summed E-state index contributed by atoms with van der Waals surface area (Å²) in [4.78, 5) is 26.6. The van der Waals surface area contributed by atoms with E-state index < -0.39 is 0 Å². The van der Waals surface area contributed by atoms with Gasteiger partial charge in [0.25, 0.3) is 5.56 Å². The SMILES string of the molecule is C=CC(=O)N1CCCC(n2nc(-c3ccc(OC4CC4)cc3)c3c(N)n[nH]c(=O)c32)C1. The highest BCUT2D eigenvalue weighted by molar-refractivity contribution is 5.99. The molecule has 3 aromatic rings. The molecular formula is C22H24N6O3. The summed E-state index contributed by atoms with van der Waals surface area (Å²) in [6, 6.07) is 7.49. The number of hydrogen-bond donors (Lipinski definition) is 2. The van der Waals surface area contributed by atoms with Crippen molar-refractivity contribution in [3.63, 3.8) is 0 Å². The van der Waals surface area contributed by atoms with Crippen molar-refractivity contribution >= 4 is 22.6 Å². The number of ether oxygens (including phenoxy) is 1. The number of fused-ring (bicyclic) bond motifs is 1. The number of aromatic amines is 1. The van der Waals surface area contributed by atoms with E-state index in [1.807, 2.05) is 24.3 Å². The summed E-state index contributed by atoms with van der Waals surface area (Å²) in [5.74, 6) is 0.900. The van der Waals surface area contributed by atoms with Crippen LogP contribution in [0.3, 0.4) is 0 Å². The van der Waals surface area contributed by atoms with Crippen molar-refractivity contribution in [2.75, 3.05) is 18.8 Å². The summed E-state index contributed by atoms with van der Waals surface area (Å²) in [6.45, 7) is 4.70. The molecule has 31 heavy (non-hydrogen) atoms. The van der Waals surface area contributed by atoms with Crippen LogP contribution in [-0.2, 0) is 4.79 Å². The molecule has 2 fully saturated rings. The van der Waals surface area contributed by atoms with Gasteiger partial charge >= 0.3 is 0 Å². The van der Waals surface area contributed by atoms with Gasteiger partial charge in [-0.1, -0.05) is 6.58 Å². The lowest BCUT2D eigenvalue weighted by Gasteiger charge is -2.32. The Morgan fingerprint density at radius 3 is 2.74 bits per heavy atom. The van der Waals surface area contributed by atoms with Crippen molar-refractivity contribution in [1.82, 2.24) is 24.9 Å². The number of benzene rings is 1. The highest BCUT2D eigenvalue weighted by atomic mass is 16.5. The second-order valence-electron chi connectivity index (χ2n) is 8.08. The Balaban J connectivity index is 1.58. The highest BCUT2D eigenvalue weighted by Crippen LogP contribution is 2.34. The van der Waals surface area contributed by atoms with E-state index in [1.165, 1.54) is 6.08 Å². The fraction of sp³-hybridized carbons (Fsp3) is 0.364. The second kappa shape index (κ2) is 7.57. The van der Waals surface area contributed by atoms with E-state index in [0.29, 0.717) is 35.8 Å². The number of amides is 1. The first-order valence-electron chi connectivity index (χ1n) is 10.5. The minimum Gasteiger partial charge on any atom is -0.490 e. The molecule has 9 nitrogen and oxygen atoms in total. The molecule has 1 unspecified atom stereocenters. The molecule has 5 rings (SSSR count). The van der Waals surface area contributed by atoms with Crippen LogP contribution in [0.15, 0.2) is 41.7 Å². The molecule has 3 heterocycles. The number of carbonyl (C=O) groups is 1. The second-order valence-corrected chi connectivity index (χ2v) is 8.08. The van der Waals surface area contributed by atoms with Crippen LogP contribution in [0.4, 0.5) is 5.82 Å². The molecule has 3 N–H and O–H groups in total. The lowest BCUT2D eigenvalue weighted by Crippen LogP contribution is -2.40. The standard InChI is InChI=1S/C22H24N6O3/c1-2-17(29)27-11-3-4-14(12-27)28-20-18(21(23)24-25-22(20)30)19(26-28)13-5-7-15(8-6-13)31-16-9-10-16/h2,5-8,14,16H,1,3-4,9-12H2,(H2,23,24)(H,25,30). The zero-order chi connectivity index (χ0) is 21.5. The normalized spacial score (nSPS) is 18.8. The first-order chi connectivity index (χ1) is 15.0. The van der Waals surface area contributed by atoms with Gasteiger partial charge in [0.05, 0.1) is 17.5 Å². The summed E-state index contributed by atoms with van der Waals surface area (Å²) in [5, 5.41) is 11.7. The summed E-state index contributed by atoms with van der Waals surface area (Å²) in [7, 11) is 0. The fourth-order valence-electron chi connectivity index (χ4n) is 4.13. The Hall–Kier alpha value is -3.62. The van der Waals surface area contributed by atoms with Gasteiger partial charge in [-0.05, 0) is 56.0 Å². The van der Waals surface area contributed by atoms with Crippen molar-refractivity contribution in [2.45, 2.75) is 37.8 Å². The third kappa shape index (κ3) is 3.56. The van der Waals surface area contributed by atoms with Gasteiger partial charge in [-0.15, -0.1) is 0 Å². The molecule has 0 bridgehead atoms. The van der Waals surface area contributed by atoms with Crippen LogP contribution < -0.4 is 16.0 Å². The highest BCUT2D eigenvalue weighted by Gasteiger charge is 2.29. The van der Waals surface area contributed by atoms with E-state index in [-0.39, 0.29) is 23.3 Å². The molecule has 1 atom stereocenters. The molecule has 1 aromatic carbocycles. The Morgan fingerprint density at radius 2 is 2.03 bits per heavy atom. The van der Waals surface area contributed by atoms with Gasteiger partial charge in [0.1, 0.15) is 17.0 Å². The number of nitrogens with one attached hydrogen (secondary N) is 1. The van der Waals surface area contributed by atoms with Crippen LogP contribution in [0.25, 0.3) is 22.2 Å². The number of piperidine rings is 1. The van der Waals surface area contributed by atoms with Crippen LogP contribution in [0.1, 0.15) is 31.7 Å². The van der Waals surface area contributed by atoms with Gasteiger partial charge in [-0.3, -0.25) is 14.3 Å². The maximum absolute atomic E-state index is 12.7. The van der Waals surface area contributed by atoms with Crippen molar-refractivity contribution in [3.8, 4) is 17.0 Å². The number of nitrogens with two attached hydrogens (primary N) is 1. The molecule has 2 aliphatic rings. The molecule has 1 saturated carbocycles. The molecule has 1 saturated heterocycles. The Morgan fingerprint density at radius 1 is 1.26 bits per heavy atom. The number of nitrogen functional groups attached to an aromatic ring is 1. The molecule has 1 aliphatic heterocycles. The summed E-state index contributed by atoms with van der Waals surface area (Å²) in [6.07, 6.45) is 5.43. The average Bonchev–Trinajstić information content (AvgIpc) is 3.51. The minimum absolute atomic E-state index is 0.122. The van der Waals surface area contributed by atoms with Crippen LogP contribution in [0.2, 0.25) is 0 Å². The predicted octanol–water partition coefficient (Wildman–Crippen LogP) is 2.26. The third-order valence-corrected chi connectivity index (χ3v) is 5.84. The number of aromatic nitrogens is 4. The number of rotatable bonds is 5. The van der Waals surface area contributed by atoms with E-state index in [9.17, 15) is 9.59 Å². The van der Waals surface area contributed by atoms with E-state index in [4.69, 9.17) is 15.6 Å². The lowest BCUT2D eigenvalue weighted by molar-refractivity contribution is -0.127. The maximum atomic E-state index is 12.7. The number of carbonyl (C=O) groups excluding carboxylic acids is 1. The first-order valence-corrected chi connectivity index (χ1v) is 10.5. The van der Waals surface area contributed by atoms with E-state index in [0.717, 1.165) is 37.0 Å². The van der Waals surface area contributed by atoms with Crippen LogP contribution in [0.5, 0.6) is 5.75 Å². The van der Waals surface area contributed by atoms with Gasteiger partial charge in [0.15, 0.2) is 5.82 Å². The molecule has 2 aromatic heterocycles. The minimum atomic E-state index is -0.358. The molecule has 9 heteroatoms. The average molecular weight is 420 g/mol. The van der Waals surface area contributed by atoms with Gasteiger partial charge < -0.3 is 15.4 Å². The van der Waals surface area contributed by atoms with Gasteiger partial charge in [-0.2, -0.15) is 10.2 Å². The van der Waals surface area contributed by atoms with Crippen molar-refractivity contribution in [1.29, 1.82) is 0 Å². The summed E-state index contributed by atoms with van der Waals surface area (Å²) >= 11 is 0. The Bertz CT molecular complexity index is 1210. The largest absolute Gasteiger partial charge is 0.490 e. The van der Waals surface area contributed by atoms with Crippen LogP contribution >= 0.6 is 0 Å². The molecule has 160 valence electrons. The van der Waals surface area contributed by atoms with Crippen LogP contribution in [-0.4, -0.2) is 50.0 Å². The molecule has 0 spiro atoms. The van der Waals surface area contributed by atoms with E-state index >= 15 is 0 Å². The smallest absolute Gasteiger partial charge is 0.290 e. The zero-order valence-electron chi connectivity index (χ0n) is 17.1. The van der Waals surface area contributed by atoms with Gasteiger partial charge in [0, 0.05) is 18.7 Å².